The van der Waals surface area contributed by atoms with Crippen LogP contribution in [-0.2, 0) is 6.54 Å². The van der Waals surface area contributed by atoms with Crippen molar-refractivity contribution in [2.45, 2.75) is 26.3 Å². The standard InChI is InChI=1S/C20H21BrN4O4/c1-2-3-11-24(19(27)14-9-10-15(21)29-14)16-17(22)25(20(28)23-18(16)26)12-13-7-5-4-6-8-13/h4-10H,2-3,11-12,22H2,1H3,(H,23,26,28). The number of nitrogens with one attached hydrogen (secondary N) is 1. The van der Waals surface area contributed by atoms with E-state index < -0.39 is 17.2 Å². The van der Waals surface area contributed by atoms with Crippen molar-refractivity contribution in [2.75, 3.05) is 17.2 Å². The number of hydrogen-bond acceptors (Lipinski definition) is 5. The molecular weight excluding hydrogens is 440 g/mol. The Kier molecular flexibility index (Phi) is 6.38. The third-order valence-corrected chi connectivity index (χ3v) is 4.86. The van der Waals surface area contributed by atoms with Crippen LogP contribution in [-0.4, -0.2) is 22.0 Å². The van der Waals surface area contributed by atoms with Crippen molar-refractivity contribution in [3.8, 4) is 0 Å². The second-order valence-corrected chi connectivity index (χ2v) is 7.26. The molecule has 2 aromatic heterocycles. The molecule has 8 nitrogen and oxygen atoms in total. The summed E-state index contributed by atoms with van der Waals surface area (Å²) in [5, 5.41) is 0. The van der Waals surface area contributed by atoms with Crippen molar-refractivity contribution in [3.63, 3.8) is 0 Å². The summed E-state index contributed by atoms with van der Waals surface area (Å²) in [6.45, 7) is 2.39. The summed E-state index contributed by atoms with van der Waals surface area (Å²) in [6, 6.07) is 12.3. The van der Waals surface area contributed by atoms with Crippen molar-refractivity contribution in [1.82, 2.24) is 9.55 Å². The van der Waals surface area contributed by atoms with Crippen LogP contribution in [0.4, 0.5) is 11.5 Å². The van der Waals surface area contributed by atoms with Gasteiger partial charge in [0.25, 0.3) is 11.5 Å². The minimum atomic E-state index is -0.716. The summed E-state index contributed by atoms with van der Waals surface area (Å²) in [5.74, 6) is -0.517. The van der Waals surface area contributed by atoms with Crippen molar-refractivity contribution in [2.24, 2.45) is 0 Å². The highest BCUT2D eigenvalue weighted by Crippen LogP contribution is 2.23. The smallest absolute Gasteiger partial charge is 0.330 e. The largest absolute Gasteiger partial charge is 0.444 e. The fourth-order valence-corrected chi connectivity index (χ4v) is 3.26. The second-order valence-electron chi connectivity index (χ2n) is 6.48. The highest BCUT2D eigenvalue weighted by molar-refractivity contribution is 9.10. The Morgan fingerprint density at radius 3 is 2.55 bits per heavy atom. The number of H-pyrrole nitrogens is 1. The number of carbonyl (C=O) groups excluding carboxylic acids is 1. The molecule has 3 N–H and O–H groups in total. The van der Waals surface area contributed by atoms with Gasteiger partial charge in [-0.25, -0.2) is 4.79 Å². The number of aromatic amines is 1. The van der Waals surface area contributed by atoms with Crippen LogP contribution in [0.15, 0.2) is 61.1 Å². The van der Waals surface area contributed by atoms with Crippen molar-refractivity contribution >= 4 is 33.3 Å². The number of rotatable bonds is 7. The van der Waals surface area contributed by atoms with Crippen LogP contribution in [0.1, 0.15) is 35.9 Å². The molecule has 9 heteroatoms. The molecule has 0 atom stereocenters. The molecule has 0 aliphatic rings. The zero-order valence-corrected chi connectivity index (χ0v) is 17.4. The molecule has 0 aliphatic carbocycles. The van der Waals surface area contributed by atoms with Gasteiger partial charge >= 0.3 is 5.69 Å². The minimum Gasteiger partial charge on any atom is -0.444 e. The van der Waals surface area contributed by atoms with Gasteiger partial charge in [-0.15, -0.1) is 0 Å². The normalized spacial score (nSPS) is 10.8. The lowest BCUT2D eigenvalue weighted by atomic mass is 10.2. The van der Waals surface area contributed by atoms with Gasteiger partial charge in [0.1, 0.15) is 5.82 Å². The van der Waals surface area contributed by atoms with E-state index in [1.807, 2.05) is 37.3 Å². The molecule has 1 aromatic carbocycles. The van der Waals surface area contributed by atoms with E-state index in [9.17, 15) is 14.4 Å². The van der Waals surface area contributed by atoms with Gasteiger partial charge in [-0.05, 0) is 40.0 Å². The molecule has 0 fully saturated rings. The second kappa shape index (κ2) is 8.95. The average molecular weight is 461 g/mol. The van der Waals surface area contributed by atoms with Crippen molar-refractivity contribution in [3.05, 3.63) is 79.3 Å². The molecule has 0 saturated carbocycles. The van der Waals surface area contributed by atoms with Crippen LogP contribution in [0.25, 0.3) is 0 Å². The molecule has 1 amide bonds. The number of amides is 1. The molecule has 2 heterocycles. The van der Waals surface area contributed by atoms with Gasteiger partial charge in [0.2, 0.25) is 0 Å². The Hall–Kier alpha value is -3.07. The molecular formula is C20H21BrN4O4. The molecule has 3 rings (SSSR count). The number of halogens is 1. The fraction of sp³-hybridized carbons (Fsp3) is 0.250. The number of furan rings is 1. The predicted molar refractivity (Wildman–Crippen MR) is 114 cm³/mol. The van der Waals surface area contributed by atoms with Crippen molar-refractivity contribution in [1.29, 1.82) is 0 Å². The number of nitrogens with two attached hydrogens (primary N) is 1. The maximum atomic E-state index is 13.0. The van der Waals surface area contributed by atoms with Crippen LogP contribution in [0, 0.1) is 0 Å². The van der Waals surface area contributed by atoms with Crippen LogP contribution >= 0.6 is 15.9 Å². The number of benzene rings is 1. The van der Waals surface area contributed by atoms with E-state index in [0.717, 1.165) is 12.0 Å². The van der Waals surface area contributed by atoms with Crippen LogP contribution in [0.5, 0.6) is 0 Å². The van der Waals surface area contributed by atoms with E-state index in [0.29, 0.717) is 11.1 Å². The third kappa shape index (κ3) is 4.51. The Balaban J connectivity index is 2.09. The van der Waals surface area contributed by atoms with E-state index in [-0.39, 0.29) is 30.4 Å². The van der Waals surface area contributed by atoms with Gasteiger partial charge < -0.3 is 10.2 Å². The summed E-state index contributed by atoms with van der Waals surface area (Å²) in [4.78, 5) is 41.6. The van der Waals surface area contributed by atoms with Crippen LogP contribution < -0.4 is 21.9 Å². The van der Waals surface area contributed by atoms with E-state index in [1.54, 1.807) is 6.07 Å². The summed E-state index contributed by atoms with van der Waals surface area (Å²) in [7, 11) is 0. The molecule has 3 aromatic rings. The number of nitrogens with zero attached hydrogens (tertiary/aromatic N) is 2. The first-order chi connectivity index (χ1) is 13.9. The Morgan fingerprint density at radius 2 is 1.93 bits per heavy atom. The highest BCUT2D eigenvalue weighted by Gasteiger charge is 2.26. The summed E-state index contributed by atoms with van der Waals surface area (Å²) in [5.41, 5.74) is 5.66. The highest BCUT2D eigenvalue weighted by atomic mass is 79.9. The summed E-state index contributed by atoms with van der Waals surface area (Å²) < 4.78 is 7.00. The maximum Gasteiger partial charge on any atom is 0.330 e. The molecule has 0 aliphatic heterocycles. The number of nitrogen functional groups attached to an aromatic ring is 1. The SMILES string of the molecule is CCCCN(C(=O)c1ccc(Br)o1)c1c(N)n(Cc2ccccc2)c(=O)[nH]c1=O. The van der Waals surface area contributed by atoms with E-state index in [4.69, 9.17) is 10.2 Å². The van der Waals surface area contributed by atoms with Crippen LogP contribution in [0.2, 0.25) is 0 Å². The lowest BCUT2D eigenvalue weighted by Crippen LogP contribution is -2.41. The number of anilines is 2. The van der Waals surface area contributed by atoms with E-state index >= 15 is 0 Å². The van der Waals surface area contributed by atoms with Crippen molar-refractivity contribution < 1.29 is 9.21 Å². The first-order valence-electron chi connectivity index (χ1n) is 9.16. The zero-order valence-electron chi connectivity index (χ0n) is 15.9. The molecule has 0 spiro atoms. The Labute approximate surface area is 175 Å². The molecule has 0 unspecified atom stereocenters. The lowest BCUT2D eigenvalue weighted by molar-refractivity contribution is 0.0958. The monoisotopic (exact) mass is 460 g/mol. The molecule has 0 radical (unpaired) electrons. The number of hydrogen-bond donors (Lipinski definition) is 2. The number of unbranched alkanes of at least 4 members (excludes halogenated alkanes) is 1. The summed E-state index contributed by atoms with van der Waals surface area (Å²) in [6.07, 6.45) is 1.44. The number of carbonyl (C=O) groups is 1. The van der Waals surface area contributed by atoms with E-state index in [2.05, 4.69) is 20.9 Å². The van der Waals surface area contributed by atoms with Gasteiger partial charge in [0.05, 0.1) is 6.54 Å². The topological polar surface area (TPSA) is 114 Å². The van der Waals surface area contributed by atoms with E-state index in [1.165, 1.54) is 15.5 Å². The molecule has 29 heavy (non-hydrogen) atoms. The van der Waals surface area contributed by atoms with Gasteiger partial charge in [-0.2, -0.15) is 0 Å². The van der Waals surface area contributed by atoms with Gasteiger partial charge in [0.15, 0.2) is 16.1 Å². The lowest BCUT2D eigenvalue weighted by Gasteiger charge is -2.23. The number of aromatic nitrogens is 2. The first kappa shape index (κ1) is 20.7. The average Bonchev–Trinajstić information content (AvgIpc) is 3.14. The Morgan fingerprint density at radius 1 is 1.21 bits per heavy atom. The third-order valence-electron chi connectivity index (χ3n) is 4.43. The fourth-order valence-electron chi connectivity index (χ4n) is 2.95. The molecule has 152 valence electrons. The Bertz CT molecular complexity index is 1120. The van der Waals surface area contributed by atoms with Crippen LogP contribution in [0.3, 0.4) is 0 Å². The quantitative estimate of drug-likeness (QED) is 0.562. The van der Waals surface area contributed by atoms with Gasteiger partial charge in [-0.1, -0.05) is 43.7 Å². The zero-order chi connectivity index (χ0) is 21.0. The minimum absolute atomic E-state index is 0.0626. The molecule has 0 bridgehead atoms. The first-order valence-corrected chi connectivity index (χ1v) is 9.95. The van der Waals surface area contributed by atoms with Gasteiger partial charge in [-0.3, -0.25) is 24.0 Å². The predicted octanol–water partition coefficient (Wildman–Crippen LogP) is 2.97. The maximum absolute atomic E-state index is 13.0. The summed E-state index contributed by atoms with van der Waals surface area (Å²) >= 11 is 3.17. The molecule has 0 saturated heterocycles. The van der Waals surface area contributed by atoms with Gasteiger partial charge in [0, 0.05) is 6.54 Å².